The molecule has 2 aliphatic carbocycles. The van der Waals surface area contributed by atoms with Crippen LogP contribution in [0.15, 0.2) is 64.9 Å². The summed E-state index contributed by atoms with van der Waals surface area (Å²) in [5.41, 5.74) is 6.39. The van der Waals surface area contributed by atoms with Crippen LogP contribution in [0.4, 0.5) is 0 Å². The monoisotopic (exact) mass is 434 g/mol. The van der Waals surface area contributed by atoms with E-state index in [2.05, 4.69) is 54.6 Å². The summed E-state index contributed by atoms with van der Waals surface area (Å²) in [7, 11) is -3.20. The van der Waals surface area contributed by atoms with Crippen molar-refractivity contribution in [2.24, 2.45) is 0 Å². The highest BCUT2D eigenvalue weighted by Gasteiger charge is 2.30. The van der Waals surface area contributed by atoms with Crippen LogP contribution in [0.5, 0.6) is 0 Å². The fourth-order valence-corrected chi connectivity index (χ4v) is 8.06. The lowest BCUT2D eigenvalue weighted by Gasteiger charge is -2.20. The zero-order valence-corrected chi connectivity index (χ0v) is 18.6. The standard InChI is InChI=1S/C26H26O2S2/c27-30(28,24-10-2-1-3-11-24)26-15-14-25(29-26)23-9-4-6-19(18-23)16-20-12-13-21-7-5-8-22(21)17-20/h4-6,8-9,12-15,17-18,24H,1-3,7,10-11,16H2. The zero-order chi connectivity index (χ0) is 20.6. The van der Waals surface area contributed by atoms with Gasteiger partial charge in [-0.05, 0) is 65.6 Å². The van der Waals surface area contributed by atoms with Crippen molar-refractivity contribution in [3.8, 4) is 10.4 Å². The van der Waals surface area contributed by atoms with E-state index in [1.54, 1.807) is 0 Å². The maximum absolute atomic E-state index is 13.0. The van der Waals surface area contributed by atoms with Crippen molar-refractivity contribution in [3.63, 3.8) is 0 Å². The SMILES string of the molecule is O=S(=O)(c1ccc(-c2cccc(Cc3ccc4c(c3)C=CC4)c2)s1)C1CCCCC1. The van der Waals surface area contributed by atoms with Gasteiger partial charge >= 0.3 is 0 Å². The van der Waals surface area contributed by atoms with Crippen LogP contribution in [0.1, 0.15) is 54.4 Å². The van der Waals surface area contributed by atoms with E-state index < -0.39 is 9.84 Å². The van der Waals surface area contributed by atoms with E-state index >= 15 is 0 Å². The highest BCUT2D eigenvalue weighted by Crippen LogP contribution is 2.36. The van der Waals surface area contributed by atoms with E-state index in [0.29, 0.717) is 4.21 Å². The lowest BCUT2D eigenvalue weighted by molar-refractivity contribution is 0.484. The normalized spacial score (nSPS) is 16.7. The van der Waals surface area contributed by atoms with Gasteiger partial charge in [-0.15, -0.1) is 11.3 Å². The molecule has 4 heteroatoms. The van der Waals surface area contributed by atoms with Crippen molar-refractivity contribution in [2.45, 2.75) is 54.4 Å². The van der Waals surface area contributed by atoms with Gasteiger partial charge in [0.15, 0.2) is 9.84 Å². The topological polar surface area (TPSA) is 34.1 Å². The Morgan fingerprint density at radius 1 is 0.900 bits per heavy atom. The summed E-state index contributed by atoms with van der Waals surface area (Å²) in [6, 6.07) is 19.0. The summed E-state index contributed by atoms with van der Waals surface area (Å²) >= 11 is 1.42. The first kappa shape index (κ1) is 19.8. The molecule has 0 aliphatic heterocycles. The van der Waals surface area contributed by atoms with Gasteiger partial charge < -0.3 is 0 Å². The van der Waals surface area contributed by atoms with Crippen LogP contribution in [-0.4, -0.2) is 13.7 Å². The summed E-state index contributed by atoms with van der Waals surface area (Å²) in [5.74, 6) is 0. The molecule has 1 fully saturated rings. The minimum atomic E-state index is -3.20. The second kappa shape index (κ2) is 8.16. The van der Waals surface area contributed by atoms with E-state index in [4.69, 9.17) is 0 Å². The van der Waals surface area contributed by atoms with Crippen molar-refractivity contribution in [1.29, 1.82) is 0 Å². The molecule has 2 nitrogen and oxygen atoms in total. The Morgan fingerprint density at radius 2 is 1.73 bits per heavy atom. The molecular formula is C26H26O2S2. The van der Waals surface area contributed by atoms with Crippen LogP contribution < -0.4 is 0 Å². The predicted octanol–water partition coefficient (Wildman–Crippen LogP) is 6.68. The number of fused-ring (bicyclic) bond motifs is 1. The number of allylic oxidation sites excluding steroid dienone is 1. The summed E-state index contributed by atoms with van der Waals surface area (Å²) in [6.45, 7) is 0. The maximum atomic E-state index is 13.0. The van der Waals surface area contributed by atoms with Crippen molar-refractivity contribution >= 4 is 27.3 Å². The largest absolute Gasteiger partial charge is 0.223 e. The van der Waals surface area contributed by atoms with E-state index in [-0.39, 0.29) is 5.25 Å². The first-order chi connectivity index (χ1) is 14.6. The van der Waals surface area contributed by atoms with Crippen LogP contribution in [-0.2, 0) is 22.7 Å². The molecule has 0 saturated heterocycles. The molecule has 1 aromatic heterocycles. The molecule has 154 valence electrons. The molecule has 2 aliphatic rings. The molecule has 1 saturated carbocycles. The first-order valence-electron chi connectivity index (χ1n) is 10.8. The molecule has 0 radical (unpaired) electrons. The van der Waals surface area contributed by atoms with Gasteiger partial charge in [0.25, 0.3) is 0 Å². The molecule has 0 atom stereocenters. The maximum Gasteiger partial charge on any atom is 0.190 e. The molecule has 0 bridgehead atoms. The predicted molar refractivity (Wildman–Crippen MR) is 126 cm³/mol. The fourth-order valence-electron chi connectivity index (χ4n) is 4.65. The highest BCUT2D eigenvalue weighted by atomic mass is 32.2. The molecule has 0 N–H and O–H groups in total. The Morgan fingerprint density at radius 3 is 2.60 bits per heavy atom. The van der Waals surface area contributed by atoms with Gasteiger partial charge in [0.1, 0.15) is 4.21 Å². The summed E-state index contributed by atoms with van der Waals surface area (Å²) < 4.78 is 26.6. The number of sulfone groups is 1. The van der Waals surface area contributed by atoms with Crippen molar-refractivity contribution in [3.05, 3.63) is 82.9 Å². The van der Waals surface area contributed by atoms with Gasteiger partial charge in [-0.25, -0.2) is 8.42 Å². The van der Waals surface area contributed by atoms with Gasteiger partial charge in [0, 0.05) is 4.88 Å². The Labute approximate surface area is 183 Å². The molecule has 30 heavy (non-hydrogen) atoms. The molecule has 3 aromatic rings. The number of benzene rings is 2. The molecule has 2 aromatic carbocycles. The Balaban J connectivity index is 1.37. The van der Waals surface area contributed by atoms with Crippen LogP contribution in [0.2, 0.25) is 0 Å². The Bertz CT molecular complexity index is 1200. The van der Waals surface area contributed by atoms with Gasteiger partial charge in [0.05, 0.1) is 5.25 Å². The Hall–Kier alpha value is -2.17. The van der Waals surface area contributed by atoms with Crippen LogP contribution in [0.3, 0.4) is 0 Å². The van der Waals surface area contributed by atoms with Gasteiger partial charge in [0.2, 0.25) is 0 Å². The van der Waals surface area contributed by atoms with E-state index in [9.17, 15) is 8.42 Å². The van der Waals surface area contributed by atoms with E-state index in [1.807, 2.05) is 12.1 Å². The summed E-state index contributed by atoms with van der Waals surface area (Å²) in [4.78, 5) is 1.03. The fraction of sp³-hybridized carbons (Fsp3) is 0.308. The lowest BCUT2D eigenvalue weighted by atomic mass is 9.99. The van der Waals surface area contributed by atoms with Crippen molar-refractivity contribution in [1.82, 2.24) is 0 Å². The third kappa shape index (κ3) is 3.91. The number of thiophene rings is 1. The molecule has 5 rings (SSSR count). The molecule has 1 heterocycles. The molecule has 0 unspecified atom stereocenters. The van der Waals surface area contributed by atoms with Gasteiger partial charge in [-0.1, -0.05) is 73.9 Å². The smallest absolute Gasteiger partial charge is 0.190 e. The average Bonchev–Trinajstić information content (AvgIpc) is 3.44. The van der Waals surface area contributed by atoms with Crippen LogP contribution in [0.25, 0.3) is 16.5 Å². The quantitative estimate of drug-likeness (QED) is 0.449. The Kier molecular flexibility index (Phi) is 5.38. The number of hydrogen-bond acceptors (Lipinski definition) is 3. The summed E-state index contributed by atoms with van der Waals surface area (Å²) in [5, 5.41) is -0.196. The van der Waals surface area contributed by atoms with Gasteiger partial charge in [-0.2, -0.15) is 0 Å². The molecular weight excluding hydrogens is 408 g/mol. The minimum absolute atomic E-state index is 0.196. The van der Waals surface area contributed by atoms with E-state index in [1.165, 1.54) is 33.6 Å². The van der Waals surface area contributed by atoms with Crippen LogP contribution >= 0.6 is 11.3 Å². The minimum Gasteiger partial charge on any atom is -0.223 e. The second-order valence-corrected chi connectivity index (χ2v) is 12.0. The van der Waals surface area contributed by atoms with Crippen LogP contribution in [0, 0.1) is 0 Å². The van der Waals surface area contributed by atoms with Crippen molar-refractivity contribution < 1.29 is 8.42 Å². The summed E-state index contributed by atoms with van der Waals surface area (Å²) in [6.07, 6.45) is 11.2. The van der Waals surface area contributed by atoms with E-state index in [0.717, 1.165) is 55.4 Å². The average molecular weight is 435 g/mol. The third-order valence-electron chi connectivity index (χ3n) is 6.32. The molecule has 0 spiro atoms. The number of rotatable bonds is 5. The van der Waals surface area contributed by atoms with Gasteiger partial charge in [-0.3, -0.25) is 0 Å². The zero-order valence-electron chi connectivity index (χ0n) is 17.0. The first-order valence-corrected chi connectivity index (χ1v) is 13.2. The second-order valence-electron chi connectivity index (χ2n) is 8.44. The highest BCUT2D eigenvalue weighted by molar-refractivity contribution is 7.94. The molecule has 0 amide bonds. The number of hydrogen-bond donors (Lipinski definition) is 0. The van der Waals surface area contributed by atoms with Crippen molar-refractivity contribution in [2.75, 3.05) is 0 Å². The third-order valence-corrected chi connectivity index (χ3v) is 10.2. The lowest BCUT2D eigenvalue weighted by Crippen LogP contribution is -2.23.